The lowest BCUT2D eigenvalue weighted by atomic mass is 10.1. The molecule has 0 saturated carbocycles. The molecule has 35 heavy (non-hydrogen) atoms. The maximum Gasteiger partial charge on any atom is 0.268 e. The van der Waals surface area contributed by atoms with Crippen LogP contribution in [0.25, 0.3) is 10.9 Å². The predicted molar refractivity (Wildman–Crippen MR) is 141 cm³/mol. The number of fused-ring (bicyclic) bond motifs is 1. The number of carbonyl (C=O) groups is 1. The number of nitrogens with zero attached hydrogens (tertiary/aromatic N) is 3. The Hall–Kier alpha value is -3.28. The highest BCUT2D eigenvalue weighted by Crippen LogP contribution is 2.28. The number of imidazole rings is 1. The lowest BCUT2D eigenvalue weighted by molar-refractivity contribution is 0.0610. The van der Waals surface area contributed by atoms with E-state index >= 15 is 0 Å². The Morgan fingerprint density at radius 2 is 1.54 bits per heavy atom. The van der Waals surface area contributed by atoms with Crippen molar-refractivity contribution in [3.05, 3.63) is 118 Å². The third kappa shape index (κ3) is 4.66. The van der Waals surface area contributed by atoms with Gasteiger partial charge in [-0.2, -0.15) is 0 Å². The zero-order valence-corrected chi connectivity index (χ0v) is 21.4. The van der Waals surface area contributed by atoms with Crippen molar-refractivity contribution in [1.82, 2.24) is 13.5 Å². The lowest BCUT2D eigenvalue weighted by Gasteiger charge is -2.08. The average molecular weight is 597 g/mol. The van der Waals surface area contributed by atoms with E-state index in [0.29, 0.717) is 21.2 Å². The van der Waals surface area contributed by atoms with E-state index in [2.05, 4.69) is 4.98 Å². The second-order valence-corrected chi connectivity index (χ2v) is 10.7. The van der Waals surface area contributed by atoms with E-state index in [-0.39, 0.29) is 28.8 Å². The molecule has 0 radical (unpaired) electrons. The molecule has 0 N–H and O–H groups in total. The van der Waals surface area contributed by atoms with Gasteiger partial charge >= 0.3 is 0 Å². The van der Waals surface area contributed by atoms with Gasteiger partial charge in [0.05, 0.1) is 22.6 Å². The summed E-state index contributed by atoms with van der Waals surface area (Å²) < 4.78 is 36.0. The van der Waals surface area contributed by atoms with Gasteiger partial charge in [-0.3, -0.25) is 4.79 Å². The number of ketones is 1. The van der Waals surface area contributed by atoms with Crippen molar-refractivity contribution in [1.29, 1.82) is 0 Å². The number of halogens is 1. The van der Waals surface area contributed by atoms with Crippen LogP contribution < -0.4 is 0 Å². The molecule has 0 saturated heterocycles. The minimum atomic E-state index is -3.90. The number of rotatable bonds is 8. The van der Waals surface area contributed by atoms with E-state index in [1.807, 2.05) is 52.9 Å². The summed E-state index contributed by atoms with van der Waals surface area (Å²) in [6.07, 6.45) is 3.12. The molecule has 2 aromatic heterocycles. The van der Waals surface area contributed by atoms with Crippen LogP contribution in [0.5, 0.6) is 0 Å². The van der Waals surface area contributed by atoms with Crippen LogP contribution in [0.15, 0.2) is 102 Å². The minimum absolute atomic E-state index is 0.132. The van der Waals surface area contributed by atoms with E-state index in [4.69, 9.17) is 4.74 Å². The van der Waals surface area contributed by atoms with Gasteiger partial charge in [0, 0.05) is 17.8 Å². The Morgan fingerprint density at radius 3 is 2.29 bits per heavy atom. The number of hydrogen-bond donors (Lipinski definition) is 0. The van der Waals surface area contributed by atoms with Gasteiger partial charge in [-0.25, -0.2) is 17.4 Å². The molecule has 0 aliphatic carbocycles. The first-order valence-electron chi connectivity index (χ1n) is 10.7. The summed E-state index contributed by atoms with van der Waals surface area (Å²) in [6, 6.07) is 24.8. The normalized spacial score (nSPS) is 11.7. The van der Waals surface area contributed by atoms with Crippen molar-refractivity contribution in [3.63, 3.8) is 0 Å². The zero-order valence-electron chi connectivity index (χ0n) is 18.4. The summed E-state index contributed by atoms with van der Waals surface area (Å²) in [5.74, 6) is -0.197. The molecule has 0 aliphatic heterocycles. The van der Waals surface area contributed by atoms with E-state index < -0.39 is 10.0 Å². The maximum atomic E-state index is 13.7. The fourth-order valence-electron chi connectivity index (χ4n) is 3.86. The third-order valence-corrected chi connectivity index (χ3v) is 7.72. The quantitative estimate of drug-likeness (QED) is 0.184. The van der Waals surface area contributed by atoms with Crippen molar-refractivity contribution in [2.24, 2.45) is 0 Å². The Balaban J connectivity index is 1.51. The van der Waals surface area contributed by atoms with Crippen LogP contribution in [0.2, 0.25) is 0 Å². The van der Waals surface area contributed by atoms with Crippen LogP contribution in [0.4, 0.5) is 0 Å². The molecule has 0 atom stereocenters. The molecule has 176 valence electrons. The topological polar surface area (TPSA) is 83.2 Å². The summed E-state index contributed by atoms with van der Waals surface area (Å²) >= 11 is 2.05. The smallest absolute Gasteiger partial charge is 0.268 e. The zero-order chi connectivity index (χ0) is 24.4. The van der Waals surface area contributed by atoms with Crippen molar-refractivity contribution >= 4 is 49.3 Å². The van der Waals surface area contributed by atoms with E-state index in [1.165, 1.54) is 18.3 Å². The Bertz CT molecular complexity index is 1610. The average Bonchev–Trinajstić information content (AvgIpc) is 3.46. The number of carbonyl (C=O) groups excluding carboxylic acids is 1. The first kappa shape index (κ1) is 23.5. The highest BCUT2D eigenvalue weighted by molar-refractivity contribution is 14.1. The second-order valence-electron chi connectivity index (χ2n) is 7.82. The van der Waals surface area contributed by atoms with Crippen molar-refractivity contribution in [2.75, 3.05) is 0 Å². The third-order valence-electron chi connectivity index (χ3n) is 5.51. The first-order chi connectivity index (χ1) is 16.9. The first-order valence-corrected chi connectivity index (χ1v) is 13.3. The van der Waals surface area contributed by atoms with Crippen LogP contribution in [0.1, 0.15) is 21.7 Å². The van der Waals surface area contributed by atoms with Crippen LogP contribution in [-0.4, -0.2) is 27.7 Å². The summed E-state index contributed by atoms with van der Waals surface area (Å²) in [5, 5.41) is 0.534. The van der Waals surface area contributed by atoms with Gasteiger partial charge in [0.1, 0.15) is 10.4 Å². The highest BCUT2D eigenvalue weighted by atomic mass is 127. The van der Waals surface area contributed by atoms with Crippen LogP contribution in [0, 0.1) is 3.70 Å². The highest BCUT2D eigenvalue weighted by Gasteiger charge is 2.26. The van der Waals surface area contributed by atoms with Crippen LogP contribution >= 0.6 is 22.6 Å². The van der Waals surface area contributed by atoms with Crippen LogP contribution in [0.3, 0.4) is 0 Å². The number of para-hydroxylation sites is 1. The minimum Gasteiger partial charge on any atom is -0.356 e. The molecule has 0 amide bonds. The van der Waals surface area contributed by atoms with Gasteiger partial charge in [-0.1, -0.05) is 66.7 Å². The summed E-state index contributed by atoms with van der Waals surface area (Å²) in [6.45, 7) is 0.519. The fraction of sp³-hybridized carbons (Fsp3) is 0.0769. The molecule has 7 nitrogen and oxygen atoms in total. The van der Waals surface area contributed by atoms with E-state index in [1.54, 1.807) is 53.2 Å². The van der Waals surface area contributed by atoms with Gasteiger partial charge in [0.15, 0.2) is 5.82 Å². The van der Waals surface area contributed by atoms with Gasteiger partial charge in [0.2, 0.25) is 5.78 Å². The summed E-state index contributed by atoms with van der Waals surface area (Å²) in [5.41, 5.74) is 1.70. The Labute approximate surface area is 216 Å². The van der Waals surface area contributed by atoms with Crippen molar-refractivity contribution in [3.8, 4) is 0 Å². The molecule has 0 bridgehead atoms. The SMILES string of the molecule is O=C(c1cn(S(=O)(=O)c2ccccc2)c2ccccc12)c1nc(I)cn1COCc1ccccc1. The van der Waals surface area contributed by atoms with Gasteiger partial charge < -0.3 is 9.30 Å². The largest absolute Gasteiger partial charge is 0.356 e. The van der Waals surface area contributed by atoms with Crippen LogP contribution in [-0.2, 0) is 28.1 Å². The van der Waals surface area contributed by atoms with Gasteiger partial charge in [-0.05, 0) is 46.4 Å². The molecule has 0 aliphatic rings. The van der Waals surface area contributed by atoms with Gasteiger partial charge in [-0.15, -0.1) is 0 Å². The predicted octanol–water partition coefficient (Wildman–Crippen LogP) is 5.08. The number of benzene rings is 3. The number of aromatic nitrogens is 3. The molecule has 5 rings (SSSR count). The fourth-order valence-corrected chi connectivity index (χ4v) is 5.81. The molecule has 3 aromatic carbocycles. The molecule has 2 heterocycles. The van der Waals surface area contributed by atoms with E-state index in [9.17, 15) is 13.2 Å². The number of hydrogen-bond acceptors (Lipinski definition) is 5. The number of ether oxygens (including phenoxy) is 1. The monoisotopic (exact) mass is 597 g/mol. The molecular formula is C26H20IN3O4S. The summed E-state index contributed by atoms with van der Waals surface area (Å²) in [4.78, 5) is 18.2. The van der Waals surface area contributed by atoms with Crippen molar-refractivity contribution < 1.29 is 17.9 Å². The van der Waals surface area contributed by atoms with E-state index in [0.717, 1.165) is 9.54 Å². The Kier molecular flexibility index (Phi) is 6.54. The standard InChI is InChI=1S/C26H20IN3O4S/c27-24-16-29(18-34-17-19-9-3-1-4-10-19)26(28-24)25(31)22-15-30(23-14-8-7-13-21(22)23)35(32,33)20-11-5-2-6-12-20/h1-16H,17-18H2. The molecule has 0 fully saturated rings. The molecule has 9 heteroatoms. The van der Waals surface area contributed by atoms with Gasteiger partial charge in [0.25, 0.3) is 10.0 Å². The molecule has 0 unspecified atom stereocenters. The molecule has 0 spiro atoms. The molecule has 5 aromatic rings. The maximum absolute atomic E-state index is 13.7. The second kappa shape index (κ2) is 9.76. The summed E-state index contributed by atoms with van der Waals surface area (Å²) in [7, 11) is -3.90. The van der Waals surface area contributed by atoms with Crippen molar-refractivity contribution in [2.45, 2.75) is 18.2 Å². The Morgan fingerprint density at radius 1 is 0.886 bits per heavy atom. The molecular weight excluding hydrogens is 577 g/mol. The lowest BCUT2D eigenvalue weighted by Crippen LogP contribution is -2.14.